The predicted octanol–water partition coefficient (Wildman–Crippen LogP) is 3.84. The van der Waals surface area contributed by atoms with Gasteiger partial charge in [0.05, 0.1) is 17.4 Å². The molecule has 0 saturated heterocycles. The molecule has 0 amide bonds. The molecule has 118 valence electrons. The molecule has 22 heavy (non-hydrogen) atoms. The second-order valence-electron chi connectivity index (χ2n) is 4.79. The maximum absolute atomic E-state index is 12.9. The van der Waals surface area contributed by atoms with Gasteiger partial charge < -0.3 is 10.6 Å². The largest absolute Gasteiger partial charge is 0.418 e. The Kier molecular flexibility index (Phi) is 4.79. The van der Waals surface area contributed by atoms with Crippen molar-refractivity contribution < 1.29 is 13.2 Å². The molecule has 1 atom stereocenters. The first kappa shape index (κ1) is 16.0. The summed E-state index contributed by atoms with van der Waals surface area (Å²) in [5, 5.41) is 13.1. The lowest BCUT2D eigenvalue weighted by Crippen LogP contribution is -2.16. The van der Waals surface area contributed by atoms with E-state index in [9.17, 15) is 13.2 Å². The number of anilines is 3. The molecule has 0 bridgehead atoms. The molecule has 8 heteroatoms. The molecule has 1 heterocycles. The second-order valence-corrected chi connectivity index (χ2v) is 4.79. The average Bonchev–Trinajstić information content (AvgIpc) is 2.47. The highest BCUT2D eigenvalue weighted by Gasteiger charge is 2.33. The summed E-state index contributed by atoms with van der Waals surface area (Å²) in [6, 6.07) is 5.32. The Labute approximate surface area is 126 Å². The molecule has 2 N–H and O–H groups in total. The summed E-state index contributed by atoms with van der Waals surface area (Å²) >= 11 is 0. The summed E-state index contributed by atoms with van der Waals surface area (Å²) in [5.41, 5.74) is -0.892. The fraction of sp³-hybridized carbons (Fsp3) is 0.357. The van der Waals surface area contributed by atoms with E-state index in [0.29, 0.717) is 5.82 Å². The summed E-state index contributed by atoms with van der Waals surface area (Å²) in [6.45, 7) is 3.97. The van der Waals surface area contributed by atoms with E-state index in [1.165, 1.54) is 24.4 Å². The summed E-state index contributed by atoms with van der Waals surface area (Å²) in [5.74, 6) is 0.460. The van der Waals surface area contributed by atoms with Gasteiger partial charge in [0.25, 0.3) is 0 Å². The summed E-state index contributed by atoms with van der Waals surface area (Å²) < 4.78 is 38.8. The fourth-order valence-electron chi connectivity index (χ4n) is 1.74. The van der Waals surface area contributed by atoms with E-state index >= 15 is 0 Å². The van der Waals surface area contributed by atoms with Gasteiger partial charge in [0.15, 0.2) is 5.82 Å². The molecule has 0 fully saturated rings. The Morgan fingerprint density at radius 3 is 2.64 bits per heavy atom. The smallest absolute Gasteiger partial charge is 0.366 e. The standard InChI is InChI=1S/C14H16F3N5/c1-3-9(2)19-12-8-18-22-13(21-12)20-11-7-5-4-6-10(11)14(15,16)17/h4-9H,3H2,1-2H3,(H2,19,20,21,22). The Bertz CT molecular complexity index is 630. The van der Waals surface area contributed by atoms with Crippen LogP contribution in [0.25, 0.3) is 0 Å². The third-order valence-electron chi connectivity index (χ3n) is 3.04. The van der Waals surface area contributed by atoms with Gasteiger partial charge in [0, 0.05) is 6.04 Å². The third-order valence-corrected chi connectivity index (χ3v) is 3.04. The highest BCUT2D eigenvalue weighted by atomic mass is 19.4. The van der Waals surface area contributed by atoms with Crippen molar-refractivity contribution in [2.75, 3.05) is 10.6 Å². The van der Waals surface area contributed by atoms with Crippen LogP contribution in [-0.4, -0.2) is 21.2 Å². The Hall–Kier alpha value is -2.38. The molecule has 0 aliphatic heterocycles. The average molecular weight is 311 g/mol. The number of nitrogens with one attached hydrogen (secondary N) is 2. The Morgan fingerprint density at radius 1 is 1.23 bits per heavy atom. The summed E-state index contributed by atoms with van der Waals surface area (Å²) in [6.07, 6.45) is -2.15. The molecule has 0 radical (unpaired) electrons. The molecule has 2 rings (SSSR count). The first-order valence-corrected chi connectivity index (χ1v) is 6.79. The summed E-state index contributed by atoms with van der Waals surface area (Å²) in [4.78, 5) is 4.12. The molecule has 0 aliphatic carbocycles. The molecule has 1 unspecified atom stereocenters. The number of halogens is 3. The number of nitrogens with zero attached hydrogens (tertiary/aromatic N) is 3. The van der Waals surface area contributed by atoms with Crippen molar-refractivity contribution in [1.82, 2.24) is 15.2 Å². The SMILES string of the molecule is CCC(C)Nc1cnnc(Nc2ccccc2C(F)(F)F)n1. The van der Waals surface area contributed by atoms with Crippen LogP contribution in [0.15, 0.2) is 30.5 Å². The number of benzene rings is 1. The normalized spacial score (nSPS) is 12.8. The quantitative estimate of drug-likeness (QED) is 0.878. The van der Waals surface area contributed by atoms with E-state index < -0.39 is 11.7 Å². The molecular formula is C14H16F3N5. The van der Waals surface area contributed by atoms with Crippen molar-refractivity contribution in [3.05, 3.63) is 36.0 Å². The van der Waals surface area contributed by atoms with Crippen molar-refractivity contribution in [3.8, 4) is 0 Å². The van der Waals surface area contributed by atoms with Crippen LogP contribution in [0.5, 0.6) is 0 Å². The van der Waals surface area contributed by atoms with Crippen LogP contribution in [-0.2, 0) is 6.18 Å². The lowest BCUT2D eigenvalue weighted by Gasteiger charge is -2.14. The number of alkyl halides is 3. The minimum atomic E-state index is -4.45. The van der Waals surface area contributed by atoms with Gasteiger partial charge in [-0.05, 0) is 25.5 Å². The van der Waals surface area contributed by atoms with Gasteiger partial charge >= 0.3 is 6.18 Å². The zero-order chi connectivity index (χ0) is 16.2. The van der Waals surface area contributed by atoms with Gasteiger partial charge in [-0.15, -0.1) is 5.10 Å². The van der Waals surface area contributed by atoms with Crippen LogP contribution < -0.4 is 10.6 Å². The van der Waals surface area contributed by atoms with E-state index in [0.717, 1.165) is 12.5 Å². The molecule has 0 saturated carbocycles. The van der Waals surface area contributed by atoms with Crippen LogP contribution in [0.4, 0.5) is 30.6 Å². The van der Waals surface area contributed by atoms with Crippen LogP contribution in [0.2, 0.25) is 0 Å². The molecule has 1 aromatic heterocycles. The van der Waals surface area contributed by atoms with Crippen LogP contribution >= 0.6 is 0 Å². The Morgan fingerprint density at radius 2 is 1.95 bits per heavy atom. The molecular weight excluding hydrogens is 295 g/mol. The molecule has 1 aromatic carbocycles. The molecule has 0 aliphatic rings. The van der Waals surface area contributed by atoms with Crippen molar-refractivity contribution in [3.63, 3.8) is 0 Å². The van der Waals surface area contributed by atoms with E-state index in [-0.39, 0.29) is 17.7 Å². The van der Waals surface area contributed by atoms with Gasteiger partial charge in [-0.2, -0.15) is 23.3 Å². The minimum Gasteiger partial charge on any atom is -0.366 e. The predicted molar refractivity (Wildman–Crippen MR) is 77.9 cm³/mol. The second kappa shape index (κ2) is 6.59. The highest BCUT2D eigenvalue weighted by molar-refractivity contribution is 5.59. The molecule has 0 spiro atoms. The maximum atomic E-state index is 12.9. The van der Waals surface area contributed by atoms with Gasteiger partial charge in [0.2, 0.25) is 5.95 Å². The van der Waals surface area contributed by atoms with Crippen molar-refractivity contribution >= 4 is 17.5 Å². The van der Waals surface area contributed by atoms with E-state index in [1.54, 1.807) is 0 Å². The monoisotopic (exact) mass is 311 g/mol. The highest BCUT2D eigenvalue weighted by Crippen LogP contribution is 2.35. The number of aromatic nitrogens is 3. The number of hydrogen-bond donors (Lipinski definition) is 2. The van der Waals surface area contributed by atoms with Crippen LogP contribution in [0, 0.1) is 0 Å². The molecule has 2 aromatic rings. The topological polar surface area (TPSA) is 62.7 Å². The molecule has 5 nitrogen and oxygen atoms in total. The first-order valence-electron chi connectivity index (χ1n) is 6.79. The first-order chi connectivity index (χ1) is 10.4. The zero-order valence-corrected chi connectivity index (χ0v) is 12.1. The van der Waals surface area contributed by atoms with Crippen molar-refractivity contribution in [2.45, 2.75) is 32.5 Å². The van der Waals surface area contributed by atoms with Crippen LogP contribution in [0.1, 0.15) is 25.8 Å². The van der Waals surface area contributed by atoms with E-state index in [2.05, 4.69) is 25.8 Å². The lowest BCUT2D eigenvalue weighted by atomic mass is 10.1. The fourth-order valence-corrected chi connectivity index (χ4v) is 1.74. The lowest BCUT2D eigenvalue weighted by molar-refractivity contribution is -0.136. The third kappa shape index (κ3) is 4.06. The van der Waals surface area contributed by atoms with Crippen molar-refractivity contribution in [1.29, 1.82) is 0 Å². The number of rotatable bonds is 5. The number of para-hydroxylation sites is 1. The Balaban J connectivity index is 2.23. The summed E-state index contributed by atoms with van der Waals surface area (Å²) in [7, 11) is 0. The van der Waals surface area contributed by atoms with Gasteiger partial charge in [-0.25, -0.2) is 0 Å². The van der Waals surface area contributed by atoms with Crippen molar-refractivity contribution in [2.24, 2.45) is 0 Å². The van der Waals surface area contributed by atoms with E-state index in [1.807, 2.05) is 13.8 Å². The zero-order valence-electron chi connectivity index (χ0n) is 12.1. The van der Waals surface area contributed by atoms with Gasteiger partial charge in [0.1, 0.15) is 0 Å². The van der Waals surface area contributed by atoms with Gasteiger partial charge in [-0.1, -0.05) is 19.1 Å². The minimum absolute atomic E-state index is 0.00463. The van der Waals surface area contributed by atoms with Crippen LogP contribution in [0.3, 0.4) is 0 Å². The van der Waals surface area contributed by atoms with E-state index in [4.69, 9.17) is 0 Å². The maximum Gasteiger partial charge on any atom is 0.418 e. The van der Waals surface area contributed by atoms with Gasteiger partial charge in [-0.3, -0.25) is 0 Å². The number of hydrogen-bond acceptors (Lipinski definition) is 5.